The fourth-order valence-electron chi connectivity index (χ4n) is 2.12. The van der Waals surface area contributed by atoms with Gasteiger partial charge in [0.05, 0.1) is 7.11 Å². The molecule has 20 heavy (non-hydrogen) atoms. The summed E-state index contributed by atoms with van der Waals surface area (Å²) in [5.41, 5.74) is 0.919. The largest absolute Gasteiger partial charge is 0.496 e. The minimum Gasteiger partial charge on any atom is -0.496 e. The Morgan fingerprint density at radius 3 is 2.95 bits per heavy atom. The molecule has 0 aromatic heterocycles. The van der Waals surface area contributed by atoms with Crippen LogP contribution in [0.2, 0.25) is 0 Å². The van der Waals surface area contributed by atoms with E-state index < -0.39 is 0 Å². The number of benzene rings is 1. The lowest BCUT2D eigenvalue weighted by molar-refractivity contribution is -0.122. The van der Waals surface area contributed by atoms with Crippen LogP contribution in [0.4, 0.5) is 4.79 Å². The number of rotatable bonds is 4. The van der Waals surface area contributed by atoms with E-state index >= 15 is 0 Å². The van der Waals surface area contributed by atoms with Crippen LogP contribution in [0.1, 0.15) is 18.4 Å². The maximum Gasteiger partial charge on any atom is 0.315 e. The smallest absolute Gasteiger partial charge is 0.315 e. The summed E-state index contributed by atoms with van der Waals surface area (Å²) in [4.78, 5) is 22.8. The number of para-hydroxylation sites is 1. The van der Waals surface area contributed by atoms with Gasteiger partial charge in [-0.25, -0.2) is 4.79 Å². The van der Waals surface area contributed by atoms with Crippen LogP contribution in [0, 0.1) is 0 Å². The fourth-order valence-corrected chi connectivity index (χ4v) is 2.12. The van der Waals surface area contributed by atoms with Gasteiger partial charge in [-0.2, -0.15) is 0 Å². The first-order valence-corrected chi connectivity index (χ1v) is 6.62. The van der Waals surface area contributed by atoms with Crippen LogP contribution in [0.5, 0.6) is 5.75 Å². The third-order valence-electron chi connectivity index (χ3n) is 3.23. The Morgan fingerprint density at radius 1 is 1.45 bits per heavy atom. The number of nitrogens with one attached hydrogen (secondary N) is 3. The van der Waals surface area contributed by atoms with E-state index in [2.05, 4.69) is 16.0 Å². The first kappa shape index (κ1) is 14.2. The molecular weight excluding hydrogens is 258 g/mol. The van der Waals surface area contributed by atoms with Crippen LogP contribution in [-0.2, 0) is 11.3 Å². The molecule has 1 saturated heterocycles. The van der Waals surface area contributed by atoms with Gasteiger partial charge in [-0.3, -0.25) is 4.79 Å². The fraction of sp³-hybridized carbons (Fsp3) is 0.429. The van der Waals surface area contributed by atoms with E-state index in [9.17, 15) is 9.59 Å². The molecule has 0 saturated carbocycles. The van der Waals surface area contributed by atoms with E-state index in [1.807, 2.05) is 24.3 Å². The molecule has 1 atom stereocenters. The summed E-state index contributed by atoms with van der Waals surface area (Å²) in [5, 5.41) is 8.36. The Bertz CT molecular complexity index is 480. The van der Waals surface area contributed by atoms with Crippen molar-refractivity contribution in [2.45, 2.75) is 25.4 Å². The van der Waals surface area contributed by atoms with Crippen LogP contribution in [0.3, 0.4) is 0 Å². The molecule has 6 nitrogen and oxygen atoms in total. The average Bonchev–Trinajstić information content (AvgIpc) is 2.48. The van der Waals surface area contributed by atoms with Gasteiger partial charge in [0, 0.05) is 31.1 Å². The summed E-state index contributed by atoms with van der Waals surface area (Å²) < 4.78 is 5.22. The summed E-state index contributed by atoms with van der Waals surface area (Å²) in [6.07, 6.45) is 1.13. The zero-order chi connectivity index (χ0) is 14.4. The lowest BCUT2D eigenvalue weighted by atomic mass is 10.1. The Kier molecular flexibility index (Phi) is 4.81. The summed E-state index contributed by atoms with van der Waals surface area (Å²) in [5.74, 6) is 0.787. The normalized spacial score (nSPS) is 18.1. The zero-order valence-corrected chi connectivity index (χ0v) is 11.4. The van der Waals surface area contributed by atoms with Gasteiger partial charge in [-0.15, -0.1) is 0 Å². The van der Waals surface area contributed by atoms with Crippen molar-refractivity contribution in [3.63, 3.8) is 0 Å². The number of methoxy groups -OCH3 is 1. The highest BCUT2D eigenvalue weighted by Gasteiger charge is 2.19. The Balaban J connectivity index is 1.79. The predicted octanol–water partition coefficient (Wildman–Crippen LogP) is 0.773. The molecule has 0 unspecified atom stereocenters. The monoisotopic (exact) mass is 277 g/mol. The first-order chi connectivity index (χ1) is 9.69. The van der Waals surface area contributed by atoms with Crippen molar-refractivity contribution < 1.29 is 14.3 Å². The molecule has 0 aliphatic carbocycles. The Hall–Kier alpha value is -2.24. The predicted molar refractivity (Wildman–Crippen MR) is 74.4 cm³/mol. The summed E-state index contributed by atoms with van der Waals surface area (Å²) in [6.45, 7) is 0.885. The molecule has 2 rings (SSSR count). The van der Waals surface area contributed by atoms with Crippen LogP contribution >= 0.6 is 0 Å². The number of ether oxygens (including phenoxy) is 1. The first-order valence-electron chi connectivity index (χ1n) is 6.62. The number of amides is 3. The molecule has 0 spiro atoms. The summed E-state index contributed by atoms with van der Waals surface area (Å²) in [6, 6.07) is 7.29. The summed E-state index contributed by atoms with van der Waals surface area (Å²) in [7, 11) is 1.60. The van der Waals surface area contributed by atoms with Gasteiger partial charge in [0.1, 0.15) is 5.75 Å². The number of hydrogen-bond donors (Lipinski definition) is 3. The molecule has 1 aliphatic rings. The quantitative estimate of drug-likeness (QED) is 0.760. The minimum atomic E-state index is -0.239. The van der Waals surface area contributed by atoms with Gasteiger partial charge in [0.25, 0.3) is 0 Å². The number of carbonyl (C=O) groups excluding carboxylic acids is 2. The minimum absolute atomic E-state index is 0.00892. The highest BCUT2D eigenvalue weighted by Crippen LogP contribution is 2.16. The maximum atomic E-state index is 11.8. The highest BCUT2D eigenvalue weighted by molar-refractivity contribution is 5.78. The van der Waals surface area contributed by atoms with Crippen molar-refractivity contribution in [1.29, 1.82) is 0 Å². The topological polar surface area (TPSA) is 79.5 Å². The molecule has 1 heterocycles. The second kappa shape index (κ2) is 6.79. The Morgan fingerprint density at radius 2 is 2.25 bits per heavy atom. The Labute approximate surface area is 117 Å². The molecular formula is C14H19N3O3. The lowest BCUT2D eigenvalue weighted by Crippen LogP contribution is -2.50. The van der Waals surface area contributed by atoms with Crippen LogP contribution in [-0.4, -0.2) is 31.6 Å². The number of urea groups is 1. The van der Waals surface area contributed by atoms with Gasteiger partial charge in [-0.05, 0) is 12.5 Å². The molecule has 108 valence electrons. The third kappa shape index (κ3) is 3.88. The van der Waals surface area contributed by atoms with E-state index in [4.69, 9.17) is 4.74 Å². The molecule has 0 radical (unpaired) electrons. The highest BCUT2D eigenvalue weighted by atomic mass is 16.5. The van der Waals surface area contributed by atoms with Crippen LogP contribution < -0.4 is 20.7 Å². The molecule has 1 fully saturated rings. The molecule has 1 aliphatic heterocycles. The van der Waals surface area contributed by atoms with E-state index in [0.717, 1.165) is 11.3 Å². The van der Waals surface area contributed by atoms with Crippen molar-refractivity contribution in [3.8, 4) is 5.75 Å². The van der Waals surface area contributed by atoms with Crippen molar-refractivity contribution in [3.05, 3.63) is 29.8 Å². The van der Waals surface area contributed by atoms with Crippen LogP contribution in [0.25, 0.3) is 0 Å². The van der Waals surface area contributed by atoms with Gasteiger partial charge in [-0.1, -0.05) is 18.2 Å². The van der Waals surface area contributed by atoms with E-state index in [-0.39, 0.29) is 18.0 Å². The van der Waals surface area contributed by atoms with E-state index in [1.54, 1.807) is 7.11 Å². The third-order valence-corrected chi connectivity index (χ3v) is 3.23. The molecule has 3 N–H and O–H groups in total. The molecule has 1 aromatic rings. The second-order valence-electron chi connectivity index (χ2n) is 4.68. The molecule has 0 bridgehead atoms. The van der Waals surface area contributed by atoms with Gasteiger partial charge >= 0.3 is 6.03 Å². The number of piperidine rings is 1. The second-order valence-corrected chi connectivity index (χ2v) is 4.68. The maximum absolute atomic E-state index is 11.8. The van der Waals surface area contributed by atoms with Crippen molar-refractivity contribution >= 4 is 11.9 Å². The molecule has 3 amide bonds. The number of carbonyl (C=O) groups is 2. The van der Waals surface area contributed by atoms with Gasteiger partial charge < -0.3 is 20.7 Å². The van der Waals surface area contributed by atoms with Crippen LogP contribution in [0.15, 0.2) is 24.3 Å². The van der Waals surface area contributed by atoms with Gasteiger partial charge in [0.2, 0.25) is 5.91 Å². The van der Waals surface area contributed by atoms with E-state index in [1.165, 1.54) is 0 Å². The van der Waals surface area contributed by atoms with Gasteiger partial charge in [0.15, 0.2) is 0 Å². The zero-order valence-electron chi connectivity index (χ0n) is 11.4. The molecule has 1 aromatic carbocycles. The van der Waals surface area contributed by atoms with E-state index in [0.29, 0.717) is 25.9 Å². The lowest BCUT2D eigenvalue weighted by Gasteiger charge is -2.23. The van der Waals surface area contributed by atoms with Crippen molar-refractivity contribution in [2.75, 3.05) is 13.7 Å². The SMILES string of the molecule is COc1ccccc1CNC(=O)N[C@H]1CCC(=O)NC1. The molecule has 6 heteroatoms. The van der Waals surface area contributed by atoms with Crippen molar-refractivity contribution in [2.24, 2.45) is 0 Å². The standard InChI is InChI=1S/C14H19N3O3/c1-20-12-5-3-2-4-10(12)8-16-14(19)17-11-6-7-13(18)15-9-11/h2-5,11H,6-9H2,1H3,(H,15,18)(H2,16,17,19)/t11-/m0/s1. The number of hydrogen-bond acceptors (Lipinski definition) is 3. The summed E-state index contributed by atoms with van der Waals surface area (Å²) >= 11 is 0. The average molecular weight is 277 g/mol. The van der Waals surface area contributed by atoms with Crippen molar-refractivity contribution in [1.82, 2.24) is 16.0 Å².